The molecule has 36 heavy (non-hydrogen) atoms. The van der Waals surface area contributed by atoms with E-state index in [4.69, 9.17) is 22.2 Å². The van der Waals surface area contributed by atoms with Crippen LogP contribution in [-0.2, 0) is 17.7 Å². The summed E-state index contributed by atoms with van der Waals surface area (Å²) >= 11 is 6.72. The van der Waals surface area contributed by atoms with Gasteiger partial charge in [0.1, 0.15) is 11.4 Å². The predicted octanol–water partition coefficient (Wildman–Crippen LogP) is 8.05. The van der Waals surface area contributed by atoms with Gasteiger partial charge in [0.15, 0.2) is 0 Å². The van der Waals surface area contributed by atoms with Gasteiger partial charge in [-0.15, -0.1) is 0 Å². The largest absolute Gasteiger partial charge is 0.491 e. The maximum Gasteiger partial charge on any atom is 0.108 e. The maximum atomic E-state index is 6.72. The number of halogens is 1. The Morgan fingerprint density at radius 1 is 1.14 bits per heavy atom. The molecule has 1 aliphatic rings. The number of aryl methyl sites for hydroxylation is 2. The standard InChI is InChI=1S/C31H45ClN2OS/c1-20-14-15-21(2)29(22(20)3)23(4)30(24(5)35-31(6,7)8)34-18-12-13-25-26(19-33(9)10)27(32)16-17-28(25)36(34)11/h14-17,23,30H,5,11-13,18-19H2,1-4,6-10H3. The molecule has 2 aromatic rings. The van der Waals surface area contributed by atoms with Crippen LogP contribution in [0.5, 0.6) is 0 Å². The summed E-state index contributed by atoms with van der Waals surface area (Å²) in [6.07, 6.45) is 2.05. The second-order valence-electron chi connectivity index (χ2n) is 11.5. The first-order valence-electron chi connectivity index (χ1n) is 12.9. The lowest BCUT2D eigenvalue weighted by Crippen LogP contribution is -2.40. The lowest BCUT2D eigenvalue weighted by atomic mass is 9.84. The van der Waals surface area contributed by atoms with Crippen molar-refractivity contribution in [2.75, 3.05) is 20.6 Å². The van der Waals surface area contributed by atoms with Gasteiger partial charge in [0.2, 0.25) is 0 Å². The van der Waals surface area contributed by atoms with E-state index in [0.29, 0.717) is 0 Å². The molecule has 0 aromatic heterocycles. The minimum Gasteiger partial charge on any atom is -0.491 e. The minimum atomic E-state index is -0.380. The topological polar surface area (TPSA) is 15.7 Å². The van der Waals surface area contributed by atoms with Gasteiger partial charge in [0.05, 0.1) is 6.04 Å². The van der Waals surface area contributed by atoms with E-state index in [-0.39, 0.29) is 28.2 Å². The van der Waals surface area contributed by atoms with Gasteiger partial charge in [0, 0.05) is 28.9 Å². The molecule has 0 amide bonds. The third-order valence-electron chi connectivity index (χ3n) is 7.16. The number of nitrogens with zero attached hydrogens (tertiary/aromatic N) is 2. The monoisotopic (exact) mass is 528 g/mol. The second kappa shape index (κ2) is 11.4. The van der Waals surface area contributed by atoms with Crippen LogP contribution in [0.3, 0.4) is 0 Å². The molecule has 1 heterocycles. The minimum absolute atomic E-state index is 0.00295. The summed E-state index contributed by atoms with van der Waals surface area (Å²) in [4.78, 5) is 3.49. The van der Waals surface area contributed by atoms with E-state index in [1.54, 1.807) is 0 Å². The Hall–Kier alpha value is -1.59. The molecule has 0 radical (unpaired) electrons. The van der Waals surface area contributed by atoms with Crippen LogP contribution in [0, 0.1) is 20.8 Å². The van der Waals surface area contributed by atoms with Gasteiger partial charge < -0.3 is 9.64 Å². The Morgan fingerprint density at radius 2 is 1.78 bits per heavy atom. The first-order chi connectivity index (χ1) is 16.7. The molecule has 5 heteroatoms. The highest BCUT2D eigenvalue weighted by atomic mass is 35.5. The van der Waals surface area contributed by atoms with E-state index < -0.39 is 0 Å². The highest BCUT2D eigenvalue weighted by molar-refractivity contribution is 8.12. The van der Waals surface area contributed by atoms with Crippen LogP contribution in [0.2, 0.25) is 5.02 Å². The molecule has 0 saturated heterocycles. The molecule has 0 aliphatic carbocycles. The van der Waals surface area contributed by atoms with Gasteiger partial charge in [0.25, 0.3) is 0 Å². The average Bonchev–Trinajstić information content (AvgIpc) is 2.91. The SMILES string of the molecule is C=C(OC(C)(C)C)C(C(C)c1c(C)ccc(C)c1C)N1CCCc2c(ccc(Cl)c2CN(C)C)S1=C. The van der Waals surface area contributed by atoms with Crippen LogP contribution < -0.4 is 0 Å². The molecule has 2 aromatic carbocycles. The van der Waals surface area contributed by atoms with Crippen molar-refractivity contribution in [2.24, 2.45) is 0 Å². The average molecular weight is 529 g/mol. The quantitative estimate of drug-likeness (QED) is 0.267. The van der Waals surface area contributed by atoms with Crippen molar-refractivity contribution in [3.05, 3.63) is 75.0 Å². The van der Waals surface area contributed by atoms with Gasteiger partial charge in [-0.3, -0.25) is 0 Å². The van der Waals surface area contributed by atoms with Crippen LogP contribution in [0.1, 0.15) is 73.4 Å². The predicted molar refractivity (Wildman–Crippen MR) is 160 cm³/mol. The summed E-state index contributed by atoms with van der Waals surface area (Å²) in [6.45, 7) is 21.6. The number of benzene rings is 2. The number of ether oxygens (including phenoxy) is 1. The fraction of sp³-hybridized carbons (Fsp3) is 0.516. The van der Waals surface area contributed by atoms with Crippen LogP contribution in [-0.4, -0.2) is 47.4 Å². The lowest BCUT2D eigenvalue weighted by molar-refractivity contribution is 0.0296. The molecule has 1 aliphatic heterocycles. The fourth-order valence-corrected chi connectivity index (χ4v) is 7.67. The van der Waals surface area contributed by atoms with Crippen molar-refractivity contribution in [2.45, 2.75) is 90.3 Å². The summed E-state index contributed by atoms with van der Waals surface area (Å²) in [7, 11) is 3.82. The Kier molecular flexibility index (Phi) is 9.20. The van der Waals surface area contributed by atoms with Crippen molar-refractivity contribution in [1.29, 1.82) is 0 Å². The lowest BCUT2D eigenvalue weighted by Gasteiger charge is -2.40. The van der Waals surface area contributed by atoms with Crippen LogP contribution in [0.4, 0.5) is 0 Å². The molecule has 0 spiro atoms. The molecular formula is C31H45ClN2OS. The smallest absolute Gasteiger partial charge is 0.108 e. The van der Waals surface area contributed by atoms with Gasteiger partial charge in [-0.1, -0.05) is 53.8 Å². The summed E-state index contributed by atoms with van der Waals surface area (Å²) in [5, 5.41) is 0.851. The molecule has 198 valence electrons. The molecule has 0 saturated carbocycles. The van der Waals surface area contributed by atoms with E-state index in [1.165, 1.54) is 38.3 Å². The van der Waals surface area contributed by atoms with E-state index >= 15 is 0 Å². The van der Waals surface area contributed by atoms with Crippen molar-refractivity contribution >= 4 is 28.1 Å². The molecule has 3 nitrogen and oxygen atoms in total. The number of rotatable bonds is 7. The van der Waals surface area contributed by atoms with Crippen molar-refractivity contribution < 1.29 is 4.74 Å². The number of hydrogen-bond acceptors (Lipinski definition) is 3. The molecule has 3 rings (SSSR count). The zero-order chi connectivity index (χ0) is 26.9. The van der Waals surface area contributed by atoms with Crippen LogP contribution >= 0.6 is 22.3 Å². The molecular weight excluding hydrogens is 484 g/mol. The molecule has 3 unspecified atom stereocenters. The van der Waals surface area contributed by atoms with Gasteiger partial charge in [-0.2, -0.15) is 0 Å². The third kappa shape index (κ3) is 6.27. The first kappa shape index (κ1) is 29.0. The number of hydrogen-bond donors (Lipinski definition) is 0. The maximum absolute atomic E-state index is 6.72. The van der Waals surface area contributed by atoms with E-state index in [2.05, 4.69) is 103 Å². The van der Waals surface area contributed by atoms with Gasteiger partial charge in [-0.05, 0) is 114 Å². The number of fused-ring (bicyclic) bond motifs is 1. The highest BCUT2D eigenvalue weighted by Gasteiger charge is 2.36. The summed E-state index contributed by atoms with van der Waals surface area (Å²) in [6, 6.07) is 8.73. The second-order valence-corrected chi connectivity index (χ2v) is 13.5. The summed E-state index contributed by atoms with van der Waals surface area (Å²) in [5.74, 6) is 5.79. The molecule has 0 bridgehead atoms. The van der Waals surface area contributed by atoms with Crippen LogP contribution in [0.25, 0.3) is 0 Å². The fourth-order valence-electron chi connectivity index (χ4n) is 5.52. The third-order valence-corrected chi connectivity index (χ3v) is 9.38. The zero-order valence-electron chi connectivity index (χ0n) is 23.8. The van der Waals surface area contributed by atoms with Crippen LogP contribution in [0.15, 0.2) is 41.5 Å². The van der Waals surface area contributed by atoms with E-state index in [9.17, 15) is 0 Å². The van der Waals surface area contributed by atoms with E-state index in [0.717, 1.165) is 36.7 Å². The Bertz CT molecular complexity index is 1150. The summed E-state index contributed by atoms with van der Waals surface area (Å²) in [5.41, 5.74) is 7.68. The normalized spacial score (nSPS) is 18.5. The van der Waals surface area contributed by atoms with E-state index in [1.807, 2.05) is 0 Å². The highest BCUT2D eigenvalue weighted by Crippen LogP contribution is 2.45. The van der Waals surface area contributed by atoms with Crippen molar-refractivity contribution in [3.63, 3.8) is 0 Å². The molecule has 0 N–H and O–H groups in total. The van der Waals surface area contributed by atoms with Crippen molar-refractivity contribution in [1.82, 2.24) is 9.21 Å². The first-order valence-corrected chi connectivity index (χ1v) is 14.7. The Balaban J connectivity index is 2.14. The molecule has 0 fully saturated rings. The Morgan fingerprint density at radius 3 is 2.39 bits per heavy atom. The van der Waals surface area contributed by atoms with Gasteiger partial charge in [-0.25, -0.2) is 4.31 Å². The summed E-state index contributed by atoms with van der Waals surface area (Å²) < 4.78 is 9.05. The molecule has 3 atom stereocenters. The van der Waals surface area contributed by atoms with Gasteiger partial charge >= 0.3 is 0 Å². The Labute approximate surface area is 227 Å². The van der Waals surface area contributed by atoms with Crippen molar-refractivity contribution in [3.8, 4) is 0 Å². The zero-order valence-corrected chi connectivity index (χ0v) is 25.4.